The van der Waals surface area contributed by atoms with Crippen LogP contribution in [-0.4, -0.2) is 63.6 Å². The number of hydrogen-bond donors (Lipinski definition) is 2. The molecule has 3 fully saturated rings. The Balaban J connectivity index is 1.49. The lowest BCUT2D eigenvalue weighted by Gasteiger charge is -2.37. The summed E-state index contributed by atoms with van der Waals surface area (Å²) in [5.41, 5.74) is -0.151. The van der Waals surface area contributed by atoms with Crippen LogP contribution >= 0.6 is 0 Å². The molecule has 3 amide bonds. The molecule has 2 aromatic rings. The number of alkyl halides is 4. The van der Waals surface area contributed by atoms with E-state index in [1.807, 2.05) is 5.32 Å². The number of nitrogens with one attached hydrogen (secondary N) is 2. The van der Waals surface area contributed by atoms with E-state index >= 15 is 0 Å². The molecule has 0 aromatic carbocycles. The van der Waals surface area contributed by atoms with Crippen LogP contribution in [0.3, 0.4) is 0 Å². The van der Waals surface area contributed by atoms with Crippen molar-refractivity contribution in [1.82, 2.24) is 25.5 Å². The van der Waals surface area contributed by atoms with Gasteiger partial charge in [0.1, 0.15) is 24.3 Å². The molecular formula is C29H31F4N5O3. The molecule has 41 heavy (non-hydrogen) atoms. The van der Waals surface area contributed by atoms with Gasteiger partial charge in [-0.3, -0.25) is 24.4 Å². The van der Waals surface area contributed by atoms with Crippen LogP contribution in [0.25, 0.3) is 10.9 Å². The van der Waals surface area contributed by atoms with Crippen molar-refractivity contribution in [3.63, 3.8) is 0 Å². The highest BCUT2D eigenvalue weighted by Gasteiger charge is 2.63. The zero-order chi connectivity index (χ0) is 29.9. The number of rotatable bonds is 5. The summed E-state index contributed by atoms with van der Waals surface area (Å²) in [6, 6.07) is -0.243. The van der Waals surface area contributed by atoms with Crippen LogP contribution < -0.4 is 10.6 Å². The highest BCUT2D eigenvalue weighted by Crippen LogP contribution is 2.58. The average Bonchev–Trinajstić information content (AvgIpc) is 3.58. The average molecular weight is 574 g/mol. The van der Waals surface area contributed by atoms with E-state index in [1.165, 1.54) is 31.9 Å². The van der Waals surface area contributed by atoms with Gasteiger partial charge in [-0.1, -0.05) is 26.7 Å². The number of likely N-dealkylation sites (tertiary alicyclic amines) is 1. The quantitative estimate of drug-likeness (QED) is 0.422. The van der Waals surface area contributed by atoms with E-state index in [0.717, 1.165) is 0 Å². The van der Waals surface area contributed by atoms with Crippen LogP contribution in [0.1, 0.15) is 45.2 Å². The van der Waals surface area contributed by atoms with Crippen molar-refractivity contribution in [1.29, 1.82) is 0 Å². The highest BCUT2D eigenvalue weighted by atomic mass is 19.4. The largest absolute Gasteiger partial charge is 0.471 e. The number of aromatic nitrogens is 2. The summed E-state index contributed by atoms with van der Waals surface area (Å²) < 4.78 is 54.5. The standard InChI is InChI=1S/C29H31F4N5O3/c1-5-20(17-12-34-11-14-7-6-8-35-22(14)17)36-25(39)23-21-16-9-15(10-19(16)30)18(21)13-38(23)26(40)24(28(2,3)4)37-27(41)29(31,32)33/h1,6-8,11-12,15-16,18-21,23-24H,9-10,13H2,2-4H3,(H,36,39)(H,37,41)/t15-,16+,18+,19+,20?,21-,23-,24+/m0/s1. The summed E-state index contributed by atoms with van der Waals surface area (Å²) in [4.78, 5) is 49.6. The van der Waals surface area contributed by atoms with Crippen molar-refractivity contribution in [2.24, 2.45) is 29.1 Å². The summed E-state index contributed by atoms with van der Waals surface area (Å²) >= 11 is 0. The van der Waals surface area contributed by atoms with Gasteiger partial charge in [-0.25, -0.2) is 4.39 Å². The molecule has 1 aliphatic heterocycles. The molecule has 1 saturated heterocycles. The maximum atomic E-state index is 15.0. The Morgan fingerprint density at radius 3 is 2.51 bits per heavy atom. The normalized spacial score (nSPS) is 28.6. The first kappa shape index (κ1) is 28.8. The maximum Gasteiger partial charge on any atom is 0.471 e. The van der Waals surface area contributed by atoms with Gasteiger partial charge >= 0.3 is 12.1 Å². The lowest BCUT2D eigenvalue weighted by Crippen LogP contribution is -2.60. The van der Waals surface area contributed by atoms with Crippen LogP contribution in [0.4, 0.5) is 17.6 Å². The fourth-order valence-electron chi connectivity index (χ4n) is 6.97. The van der Waals surface area contributed by atoms with Crippen molar-refractivity contribution in [3.05, 3.63) is 36.3 Å². The van der Waals surface area contributed by atoms with Gasteiger partial charge in [-0.05, 0) is 54.1 Å². The number of fused-ring (bicyclic) bond motifs is 6. The van der Waals surface area contributed by atoms with Gasteiger partial charge in [-0.2, -0.15) is 13.2 Å². The third kappa shape index (κ3) is 5.11. The minimum Gasteiger partial charge on any atom is -0.337 e. The van der Waals surface area contributed by atoms with Crippen LogP contribution in [0.15, 0.2) is 30.7 Å². The first-order valence-corrected chi connectivity index (χ1v) is 13.5. The van der Waals surface area contributed by atoms with E-state index in [2.05, 4.69) is 21.2 Å². The van der Waals surface area contributed by atoms with Crippen LogP contribution in [-0.2, 0) is 14.4 Å². The van der Waals surface area contributed by atoms with Gasteiger partial charge in [-0.15, -0.1) is 6.42 Å². The van der Waals surface area contributed by atoms with Gasteiger partial charge in [0, 0.05) is 36.1 Å². The second kappa shape index (κ2) is 10.3. The second-order valence-electron chi connectivity index (χ2n) is 12.3. The Hall–Kier alpha value is -3.75. The number of pyridine rings is 2. The Kier molecular flexibility index (Phi) is 7.20. The zero-order valence-corrected chi connectivity index (χ0v) is 22.8. The topological polar surface area (TPSA) is 104 Å². The highest BCUT2D eigenvalue weighted by molar-refractivity contribution is 5.95. The van der Waals surface area contributed by atoms with Gasteiger partial charge in [0.15, 0.2) is 0 Å². The van der Waals surface area contributed by atoms with E-state index in [9.17, 15) is 31.9 Å². The lowest BCUT2D eigenvalue weighted by atomic mass is 9.77. The molecular weight excluding hydrogens is 542 g/mol. The molecule has 12 heteroatoms. The number of halogens is 4. The van der Waals surface area contributed by atoms with E-state index in [4.69, 9.17) is 6.42 Å². The van der Waals surface area contributed by atoms with Crippen molar-refractivity contribution in [2.45, 2.75) is 64.1 Å². The van der Waals surface area contributed by atoms with Gasteiger partial charge in [0.25, 0.3) is 0 Å². The fraction of sp³-hybridized carbons (Fsp3) is 0.552. The smallest absolute Gasteiger partial charge is 0.337 e. The third-order valence-corrected chi connectivity index (χ3v) is 8.77. The Labute approximate surface area is 234 Å². The Morgan fingerprint density at radius 1 is 1.12 bits per heavy atom. The molecule has 2 aliphatic carbocycles. The van der Waals surface area contributed by atoms with Crippen molar-refractivity contribution in [3.8, 4) is 12.3 Å². The number of amides is 3. The molecule has 3 aliphatic rings. The molecule has 8 atom stereocenters. The molecule has 2 N–H and O–H groups in total. The second-order valence-corrected chi connectivity index (χ2v) is 12.3. The molecule has 2 saturated carbocycles. The van der Waals surface area contributed by atoms with Crippen LogP contribution in [0.5, 0.6) is 0 Å². The van der Waals surface area contributed by atoms with E-state index < -0.39 is 65.4 Å². The van der Waals surface area contributed by atoms with Crippen molar-refractivity contribution in [2.75, 3.05) is 6.54 Å². The SMILES string of the molecule is C#CC(NC(=O)[C@@H]1[C@@H]2[C@H](CN1C(=O)[C@@H](NC(=O)C(F)(F)F)C(C)(C)C)[C@H]1C[C@@H]2[C@H](F)C1)c1cncc2cccnc12. The molecule has 8 nitrogen and oxygen atoms in total. The van der Waals surface area contributed by atoms with Gasteiger partial charge < -0.3 is 15.5 Å². The van der Waals surface area contributed by atoms with E-state index in [1.54, 1.807) is 24.5 Å². The summed E-state index contributed by atoms with van der Waals surface area (Å²) in [7, 11) is 0. The first-order chi connectivity index (χ1) is 19.2. The molecule has 2 aromatic heterocycles. The zero-order valence-electron chi connectivity index (χ0n) is 22.8. The van der Waals surface area contributed by atoms with Crippen molar-refractivity contribution < 1.29 is 31.9 Å². The Morgan fingerprint density at radius 2 is 1.85 bits per heavy atom. The minimum atomic E-state index is -5.21. The summed E-state index contributed by atoms with van der Waals surface area (Å²) in [5, 5.41) is 5.32. The van der Waals surface area contributed by atoms with Crippen LogP contribution in [0.2, 0.25) is 0 Å². The van der Waals surface area contributed by atoms with Gasteiger partial charge in [0.05, 0.1) is 5.52 Å². The molecule has 1 unspecified atom stereocenters. The maximum absolute atomic E-state index is 15.0. The summed E-state index contributed by atoms with van der Waals surface area (Å²) in [6.07, 6.45) is 5.00. The van der Waals surface area contributed by atoms with Gasteiger partial charge in [0.2, 0.25) is 11.8 Å². The monoisotopic (exact) mass is 573 g/mol. The van der Waals surface area contributed by atoms with E-state index in [0.29, 0.717) is 29.3 Å². The number of terminal acetylenes is 1. The number of carbonyl (C=O) groups excluding carboxylic acids is 3. The molecule has 2 bridgehead atoms. The molecule has 5 rings (SSSR count). The first-order valence-electron chi connectivity index (χ1n) is 13.5. The number of hydrogen-bond acceptors (Lipinski definition) is 5. The number of nitrogens with zero attached hydrogens (tertiary/aromatic N) is 3. The lowest BCUT2D eigenvalue weighted by molar-refractivity contribution is -0.176. The summed E-state index contributed by atoms with van der Waals surface area (Å²) in [5.74, 6) is -2.45. The number of carbonyl (C=O) groups is 3. The molecule has 218 valence electrons. The fourth-order valence-corrected chi connectivity index (χ4v) is 6.97. The minimum absolute atomic E-state index is 0.0548. The molecule has 0 spiro atoms. The van der Waals surface area contributed by atoms with Crippen molar-refractivity contribution >= 4 is 28.6 Å². The molecule has 0 radical (unpaired) electrons. The van der Waals surface area contributed by atoms with Crippen LogP contribution in [0, 0.1) is 41.4 Å². The summed E-state index contributed by atoms with van der Waals surface area (Å²) in [6.45, 7) is 4.64. The predicted molar refractivity (Wildman–Crippen MR) is 140 cm³/mol. The van der Waals surface area contributed by atoms with E-state index in [-0.39, 0.29) is 18.4 Å². The molecule has 3 heterocycles. The third-order valence-electron chi connectivity index (χ3n) is 8.77. The Bertz CT molecular complexity index is 1410. The predicted octanol–water partition coefficient (Wildman–Crippen LogP) is 3.33.